The molecule has 1 unspecified atom stereocenters. The minimum atomic E-state index is 0.149. The Morgan fingerprint density at radius 3 is 2.65 bits per heavy atom. The molecule has 0 aromatic carbocycles. The molecule has 0 bridgehead atoms. The van der Waals surface area contributed by atoms with Crippen LogP contribution in [0.1, 0.15) is 35.4 Å². The van der Waals surface area contributed by atoms with Gasteiger partial charge in [0.25, 0.3) is 5.91 Å². The molecule has 3 heterocycles. The summed E-state index contributed by atoms with van der Waals surface area (Å²) in [5.74, 6) is 0.149. The van der Waals surface area contributed by atoms with Crippen molar-refractivity contribution < 1.29 is 4.79 Å². The van der Waals surface area contributed by atoms with Gasteiger partial charge >= 0.3 is 0 Å². The summed E-state index contributed by atoms with van der Waals surface area (Å²) in [6.07, 6.45) is 5.32. The zero-order valence-corrected chi connectivity index (χ0v) is 12.7. The summed E-state index contributed by atoms with van der Waals surface area (Å²) in [4.78, 5) is 21.5. The molecule has 5 heteroatoms. The molecule has 2 fully saturated rings. The molecule has 0 aliphatic carbocycles. The number of aryl methyl sites for hydroxylation is 2. The minimum absolute atomic E-state index is 0.149. The van der Waals surface area contributed by atoms with E-state index in [0.29, 0.717) is 5.41 Å². The van der Waals surface area contributed by atoms with Gasteiger partial charge in [0.1, 0.15) is 5.69 Å². The fraction of sp³-hybridized carbons (Fsp3) is 0.733. The van der Waals surface area contributed by atoms with E-state index >= 15 is 0 Å². The van der Waals surface area contributed by atoms with Gasteiger partial charge in [-0.15, -0.1) is 0 Å². The summed E-state index contributed by atoms with van der Waals surface area (Å²) >= 11 is 0. The number of imidazole rings is 1. The van der Waals surface area contributed by atoms with E-state index in [-0.39, 0.29) is 5.91 Å². The second-order valence-corrected chi connectivity index (χ2v) is 6.61. The average molecular weight is 276 g/mol. The molecule has 1 aromatic heterocycles. The quantitative estimate of drug-likeness (QED) is 0.776. The molecule has 1 atom stereocenters. The maximum absolute atomic E-state index is 12.8. The summed E-state index contributed by atoms with van der Waals surface area (Å²) in [7, 11) is 4.08. The third-order valence-corrected chi connectivity index (χ3v) is 4.90. The summed E-state index contributed by atoms with van der Waals surface area (Å²) in [5.41, 5.74) is 1.91. The highest BCUT2D eigenvalue weighted by molar-refractivity contribution is 5.93. The molecule has 20 heavy (non-hydrogen) atoms. The molecule has 1 aromatic rings. The smallest absolute Gasteiger partial charge is 0.272 e. The van der Waals surface area contributed by atoms with E-state index in [1.54, 1.807) is 6.33 Å². The van der Waals surface area contributed by atoms with E-state index in [4.69, 9.17) is 0 Å². The first-order chi connectivity index (χ1) is 9.51. The van der Waals surface area contributed by atoms with Crippen molar-refractivity contribution in [2.45, 2.75) is 26.2 Å². The van der Waals surface area contributed by atoms with E-state index in [9.17, 15) is 4.79 Å². The third kappa shape index (κ3) is 2.24. The van der Waals surface area contributed by atoms with Crippen LogP contribution in [-0.4, -0.2) is 58.5 Å². The van der Waals surface area contributed by atoms with Crippen LogP contribution >= 0.6 is 0 Å². The molecule has 1 spiro atoms. The van der Waals surface area contributed by atoms with Crippen LogP contribution in [0.4, 0.5) is 0 Å². The minimum Gasteiger partial charge on any atom is -0.337 e. The number of hydrogen-bond donors (Lipinski definition) is 0. The highest BCUT2D eigenvalue weighted by Crippen LogP contribution is 2.38. The van der Waals surface area contributed by atoms with Gasteiger partial charge in [0.2, 0.25) is 0 Å². The Balaban J connectivity index is 1.79. The topological polar surface area (TPSA) is 41.4 Å². The van der Waals surface area contributed by atoms with Gasteiger partial charge in [0.05, 0.1) is 12.0 Å². The lowest BCUT2D eigenvalue weighted by Crippen LogP contribution is -2.47. The number of piperidine rings is 1. The zero-order valence-electron chi connectivity index (χ0n) is 12.7. The first-order valence-corrected chi connectivity index (χ1v) is 7.46. The fourth-order valence-corrected chi connectivity index (χ4v) is 3.88. The number of nitrogens with zero attached hydrogens (tertiary/aromatic N) is 4. The van der Waals surface area contributed by atoms with Crippen LogP contribution in [0.25, 0.3) is 0 Å². The molecule has 0 N–H and O–H groups in total. The Kier molecular flexibility index (Phi) is 3.32. The van der Waals surface area contributed by atoms with Crippen molar-refractivity contribution in [2.24, 2.45) is 12.5 Å². The average Bonchev–Trinajstić information content (AvgIpc) is 2.93. The molecule has 0 saturated carbocycles. The van der Waals surface area contributed by atoms with Gasteiger partial charge in [0, 0.05) is 32.1 Å². The monoisotopic (exact) mass is 276 g/mol. The van der Waals surface area contributed by atoms with Crippen molar-refractivity contribution >= 4 is 5.91 Å². The molecule has 110 valence electrons. The highest BCUT2D eigenvalue weighted by atomic mass is 16.2. The lowest BCUT2D eigenvalue weighted by molar-refractivity contribution is 0.0525. The van der Waals surface area contributed by atoms with Crippen molar-refractivity contribution in [3.05, 3.63) is 17.7 Å². The predicted octanol–water partition coefficient (Wildman–Crippen LogP) is 1.29. The Morgan fingerprint density at radius 1 is 1.25 bits per heavy atom. The van der Waals surface area contributed by atoms with Gasteiger partial charge in [0.15, 0.2) is 0 Å². The molecule has 2 saturated heterocycles. The molecular formula is C15H24N4O. The largest absolute Gasteiger partial charge is 0.337 e. The van der Waals surface area contributed by atoms with Gasteiger partial charge in [-0.05, 0) is 39.8 Å². The highest BCUT2D eigenvalue weighted by Gasteiger charge is 2.41. The van der Waals surface area contributed by atoms with Crippen molar-refractivity contribution in [2.75, 3.05) is 33.2 Å². The van der Waals surface area contributed by atoms with E-state index in [1.807, 2.05) is 23.4 Å². The van der Waals surface area contributed by atoms with Gasteiger partial charge in [-0.3, -0.25) is 4.79 Å². The van der Waals surface area contributed by atoms with Gasteiger partial charge < -0.3 is 14.4 Å². The number of rotatable bonds is 1. The van der Waals surface area contributed by atoms with Gasteiger partial charge in [-0.2, -0.15) is 0 Å². The van der Waals surface area contributed by atoms with Crippen LogP contribution < -0.4 is 0 Å². The van der Waals surface area contributed by atoms with E-state index in [2.05, 4.69) is 16.9 Å². The Hall–Kier alpha value is -1.36. The van der Waals surface area contributed by atoms with E-state index in [1.165, 1.54) is 12.8 Å². The second kappa shape index (κ2) is 4.88. The lowest BCUT2D eigenvalue weighted by atomic mass is 9.79. The molecule has 5 nitrogen and oxygen atoms in total. The normalized spacial score (nSPS) is 27.4. The summed E-state index contributed by atoms with van der Waals surface area (Å²) in [6.45, 7) is 5.99. The third-order valence-electron chi connectivity index (χ3n) is 4.90. The summed E-state index contributed by atoms with van der Waals surface area (Å²) in [5, 5.41) is 0. The van der Waals surface area contributed by atoms with Crippen LogP contribution in [0.15, 0.2) is 6.33 Å². The number of likely N-dealkylation sites (tertiary alicyclic amines) is 2. The van der Waals surface area contributed by atoms with Crippen molar-refractivity contribution in [3.8, 4) is 0 Å². The molecule has 2 aliphatic heterocycles. The maximum Gasteiger partial charge on any atom is 0.272 e. The van der Waals surface area contributed by atoms with Crippen LogP contribution in [0.3, 0.4) is 0 Å². The molecule has 3 rings (SSSR count). The van der Waals surface area contributed by atoms with Crippen molar-refractivity contribution in [1.82, 2.24) is 19.4 Å². The fourth-order valence-electron chi connectivity index (χ4n) is 3.88. The number of aromatic nitrogens is 2. The number of amides is 1. The second-order valence-electron chi connectivity index (χ2n) is 6.61. The Bertz CT molecular complexity index is 500. The van der Waals surface area contributed by atoms with Crippen LogP contribution in [0, 0.1) is 12.3 Å². The van der Waals surface area contributed by atoms with E-state index < -0.39 is 0 Å². The van der Waals surface area contributed by atoms with Crippen LogP contribution in [0.2, 0.25) is 0 Å². The number of carbonyl (C=O) groups excluding carboxylic acids is 1. The van der Waals surface area contributed by atoms with Gasteiger partial charge in [-0.25, -0.2) is 4.98 Å². The standard InChI is InChI=1S/C15H24N4O/c1-12-13(18(3)11-16-12)14(20)19-7-4-5-15(10-19)6-8-17(2)9-15/h11H,4-10H2,1-3H3. The first-order valence-electron chi connectivity index (χ1n) is 7.46. The van der Waals surface area contributed by atoms with Gasteiger partial charge in [-0.1, -0.05) is 0 Å². The first kappa shape index (κ1) is 13.6. The number of hydrogen-bond acceptors (Lipinski definition) is 3. The predicted molar refractivity (Wildman–Crippen MR) is 77.6 cm³/mol. The summed E-state index contributed by atoms with van der Waals surface area (Å²) in [6, 6.07) is 0. The maximum atomic E-state index is 12.8. The SMILES string of the molecule is Cc1ncn(C)c1C(=O)N1CCCC2(CCN(C)C2)C1. The molecule has 0 radical (unpaired) electrons. The Labute approximate surface area is 120 Å². The molecular weight excluding hydrogens is 252 g/mol. The zero-order chi connectivity index (χ0) is 14.3. The molecule has 1 amide bonds. The lowest BCUT2D eigenvalue weighted by Gasteiger charge is -2.40. The van der Waals surface area contributed by atoms with Crippen molar-refractivity contribution in [3.63, 3.8) is 0 Å². The van der Waals surface area contributed by atoms with Crippen LogP contribution in [-0.2, 0) is 7.05 Å². The van der Waals surface area contributed by atoms with E-state index in [0.717, 1.165) is 44.0 Å². The van der Waals surface area contributed by atoms with Crippen molar-refractivity contribution in [1.29, 1.82) is 0 Å². The molecule has 2 aliphatic rings. The summed E-state index contributed by atoms with van der Waals surface area (Å²) < 4.78 is 1.85. The Morgan fingerprint density at radius 2 is 2.05 bits per heavy atom. The van der Waals surface area contributed by atoms with Crippen LogP contribution in [0.5, 0.6) is 0 Å². The number of carbonyl (C=O) groups is 1.